The second-order valence-corrected chi connectivity index (χ2v) is 5.58. The monoisotopic (exact) mass is 208 g/mol. The number of nitrogens with zero attached hydrogens (tertiary/aromatic N) is 1. The molecule has 3 rings (SSSR count). The Morgan fingerprint density at radius 1 is 1.29 bits per heavy atom. The molecule has 0 radical (unpaired) electrons. The molecule has 76 valence electrons. The van der Waals surface area contributed by atoms with Crippen molar-refractivity contribution in [2.45, 2.75) is 32.1 Å². The lowest BCUT2D eigenvalue weighted by molar-refractivity contribution is 0.346. The van der Waals surface area contributed by atoms with Gasteiger partial charge in [0.25, 0.3) is 0 Å². The zero-order chi connectivity index (χ0) is 9.38. The van der Waals surface area contributed by atoms with Gasteiger partial charge in [-0.2, -0.15) is 0 Å². The topological polar surface area (TPSA) is 24.9 Å². The van der Waals surface area contributed by atoms with E-state index in [1.807, 2.05) is 11.3 Å². The van der Waals surface area contributed by atoms with Gasteiger partial charge in [0, 0.05) is 11.3 Å². The molecule has 1 N–H and O–H groups in total. The quantitative estimate of drug-likeness (QED) is 0.801. The van der Waals surface area contributed by atoms with E-state index in [1.54, 1.807) is 4.88 Å². The lowest BCUT2D eigenvalue weighted by atomic mass is 10.00. The third-order valence-corrected chi connectivity index (χ3v) is 4.40. The Labute approximate surface area is 88.7 Å². The summed E-state index contributed by atoms with van der Waals surface area (Å²) in [6, 6.07) is 0. The Bertz CT molecular complexity index is 305. The zero-order valence-electron chi connectivity index (χ0n) is 8.38. The second-order valence-electron chi connectivity index (χ2n) is 4.41. The minimum absolute atomic E-state index is 0.864. The van der Waals surface area contributed by atoms with Crippen molar-refractivity contribution in [1.82, 2.24) is 10.3 Å². The summed E-state index contributed by atoms with van der Waals surface area (Å²) >= 11 is 1.97. The highest BCUT2D eigenvalue weighted by molar-refractivity contribution is 7.11. The third-order valence-electron chi connectivity index (χ3n) is 3.22. The van der Waals surface area contributed by atoms with Crippen LogP contribution in [0.4, 0.5) is 0 Å². The minimum atomic E-state index is 0.864. The number of hydrogen-bond donors (Lipinski definition) is 1. The highest BCUT2D eigenvalue weighted by atomic mass is 32.1. The van der Waals surface area contributed by atoms with E-state index < -0.39 is 0 Å². The van der Waals surface area contributed by atoms with Gasteiger partial charge in [-0.05, 0) is 44.7 Å². The predicted octanol–water partition coefficient (Wildman–Crippen LogP) is 1.78. The van der Waals surface area contributed by atoms with Gasteiger partial charge < -0.3 is 5.32 Å². The molecule has 1 saturated heterocycles. The van der Waals surface area contributed by atoms with Crippen LogP contribution in [0.15, 0.2) is 0 Å². The van der Waals surface area contributed by atoms with E-state index in [9.17, 15) is 0 Å². The van der Waals surface area contributed by atoms with Crippen LogP contribution in [0, 0.1) is 5.92 Å². The summed E-state index contributed by atoms with van der Waals surface area (Å²) in [6.45, 7) is 2.40. The van der Waals surface area contributed by atoms with Gasteiger partial charge in [-0.25, -0.2) is 4.98 Å². The van der Waals surface area contributed by atoms with E-state index >= 15 is 0 Å². The van der Waals surface area contributed by atoms with Gasteiger partial charge in [-0.1, -0.05) is 0 Å². The first-order chi connectivity index (χ1) is 6.92. The molecule has 0 unspecified atom stereocenters. The molecule has 2 heterocycles. The first-order valence-electron chi connectivity index (χ1n) is 5.60. The van der Waals surface area contributed by atoms with Crippen LogP contribution in [0.1, 0.15) is 28.4 Å². The highest BCUT2D eigenvalue weighted by Gasteiger charge is 2.21. The smallest absolute Gasteiger partial charge is 0.0934 e. The molecule has 1 aromatic rings. The fourth-order valence-corrected chi connectivity index (χ4v) is 3.50. The van der Waals surface area contributed by atoms with Gasteiger partial charge in [0.1, 0.15) is 0 Å². The molecular formula is C11H16N2S. The van der Waals surface area contributed by atoms with Crippen LogP contribution in [0.3, 0.4) is 0 Å². The number of aryl methyl sites for hydroxylation is 2. The zero-order valence-corrected chi connectivity index (χ0v) is 9.20. The SMILES string of the molecule is C1CCc2sc(CC3CNC3)nc2C1. The summed E-state index contributed by atoms with van der Waals surface area (Å²) in [5, 5.41) is 4.71. The van der Waals surface area contributed by atoms with Crippen molar-refractivity contribution < 1.29 is 0 Å². The second kappa shape index (κ2) is 3.63. The molecule has 3 heteroatoms. The summed E-state index contributed by atoms with van der Waals surface area (Å²) in [5.74, 6) is 0.864. The Kier molecular flexibility index (Phi) is 2.30. The van der Waals surface area contributed by atoms with Gasteiger partial charge in [-0.3, -0.25) is 0 Å². The lowest BCUT2D eigenvalue weighted by Crippen LogP contribution is -2.43. The van der Waals surface area contributed by atoms with E-state index in [2.05, 4.69) is 5.32 Å². The Hall–Kier alpha value is -0.410. The van der Waals surface area contributed by atoms with Crippen LogP contribution in [-0.4, -0.2) is 18.1 Å². The van der Waals surface area contributed by atoms with Crippen molar-refractivity contribution in [3.8, 4) is 0 Å². The predicted molar refractivity (Wildman–Crippen MR) is 58.8 cm³/mol. The molecule has 0 spiro atoms. The number of thiazole rings is 1. The maximum atomic E-state index is 4.76. The van der Waals surface area contributed by atoms with Gasteiger partial charge in [0.2, 0.25) is 0 Å². The fourth-order valence-electron chi connectivity index (χ4n) is 2.23. The van der Waals surface area contributed by atoms with Crippen molar-refractivity contribution >= 4 is 11.3 Å². The van der Waals surface area contributed by atoms with E-state index in [4.69, 9.17) is 4.98 Å². The Morgan fingerprint density at radius 3 is 2.86 bits per heavy atom. The fraction of sp³-hybridized carbons (Fsp3) is 0.727. The Balaban J connectivity index is 1.74. The molecule has 1 aromatic heterocycles. The van der Waals surface area contributed by atoms with Crippen LogP contribution in [0.2, 0.25) is 0 Å². The lowest BCUT2D eigenvalue weighted by Gasteiger charge is -2.25. The Morgan fingerprint density at radius 2 is 2.14 bits per heavy atom. The number of nitrogens with one attached hydrogen (secondary N) is 1. The molecule has 14 heavy (non-hydrogen) atoms. The molecule has 1 fully saturated rings. The third kappa shape index (κ3) is 1.59. The first kappa shape index (κ1) is 8.86. The minimum Gasteiger partial charge on any atom is -0.316 e. The maximum Gasteiger partial charge on any atom is 0.0934 e. The molecule has 0 aromatic carbocycles. The van der Waals surface area contributed by atoms with Crippen LogP contribution in [-0.2, 0) is 19.3 Å². The van der Waals surface area contributed by atoms with Gasteiger partial charge in [0.05, 0.1) is 10.7 Å². The molecule has 1 aliphatic carbocycles. The average Bonchev–Trinajstić information content (AvgIpc) is 2.53. The van der Waals surface area contributed by atoms with Crippen molar-refractivity contribution in [3.63, 3.8) is 0 Å². The largest absolute Gasteiger partial charge is 0.316 e. The molecule has 0 saturated carbocycles. The van der Waals surface area contributed by atoms with E-state index in [-0.39, 0.29) is 0 Å². The van der Waals surface area contributed by atoms with Crippen LogP contribution < -0.4 is 5.32 Å². The number of aromatic nitrogens is 1. The van der Waals surface area contributed by atoms with Gasteiger partial charge in [0.15, 0.2) is 0 Å². The molecule has 0 amide bonds. The molecular weight excluding hydrogens is 192 g/mol. The van der Waals surface area contributed by atoms with Crippen LogP contribution in [0.25, 0.3) is 0 Å². The molecule has 0 bridgehead atoms. The summed E-state index contributed by atoms with van der Waals surface area (Å²) in [5.41, 5.74) is 1.42. The van der Waals surface area contributed by atoms with Crippen molar-refractivity contribution in [3.05, 3.63) is 15.6 Å². The summed E-state index contributed by atoms with van der Waals surface area (Å²) in [6.07, 6.45) is 6.45. The number of fused-ring (bicyclic) bond motifs is 1. The molecule has 2 nitrogen and oxygen atoms in total. The van der Waals surface area contributed by atoms with Crippen molar-refractivity contribution in [2.24, 2.45) is 5.92 Å². The molecule has 2 aliphatic rings. The normalized spacial score (nSPS) is 21.7. The van der Waals surface area contributed by atoms with Crippen LogP contribution >= 0.6 is 11.3 Å². The van der Waals surface area contributed by atoms with Gasteiger partial charge in [-0.15, -0.1) is 11.3 Å². The van der Waals surface area contributed by atoms with Crippen molar-refractivity contribution in [1.29, 1.82) is 0 Å². The first-order valence-corrected chi connectivity index (χ1v) is 6.41. The van der Waals surface area contributed by atoms with E-state index in [0.717, 1.165) is 5.92 Å². The maximum absolute atomic E-state index is 4.76. The van der Waals surface area contributed by atoms with Crippen LogP contribution in [0.5, 0.6) is 0 Å². The van der Waals surface area contributed by atoms with E-state index in [0.29, 0.717) is 0 Å². The molecule has 1 aliphatic heterocycles. The summed E-state index contributed by atoms with van der Waals surface area (Å²) in [7, 11) is 0. The highest BCUT2D eigenvalue weighted by Crippen LogP contribution is 2.28. The van der Waals surface area contributed by atoms with Crippen molar-refractivity contribution in [2.75, 3.05) is 13.1 Å². The summed E-state index contributed by atoms with van der Waals surface area (Å²) < 4.78 is 0. The standard InChI is InChI=1S/C11H16N2S/c1-2-4-10-9(3-1)13-11(14-10)5-8-6-12-7-8/h8,12H,1-7H2. The summed E-state index contributed by atoms with van der Waals surface area (Å²) in [4.78, 5) is 6.35. The number of rotatable bonds is 2. The molecule has 0 atom stereocenters. The number of hydrogen-bond acceptors (Lipinski definition) is 3. The average molecular weight is 208 g/mol. The van der Waals surface area contributed by atoms with E-state index in [1.165, 1.54) is 55.9 Å². The van der Waals surface area contributed by atoms with Gasteiger partial charge >= 0.3 is 0 Å².